The minimum Gasteiger partial charge on any atom is -0.392 e. The molecule has 194 valence electrons. The molecule has 0 spiro atoms. The van der Waals surface area contributed by atoms with E-state index >= 15 is 0 Å². The SMILES string of the molecule is CN(C)c1cccc2c1Nc1c(cccc1C1(Cl)CCC(Cl)=C(Cl)C1Cl)S2=NCc1ccc(CO)cc1. The minimum atomic E-state index is -0.922. The third-order valence-electron chi connectivity index (χ3n) is 6.80. The van der Waals surface area contributed by atoms with Gasteiger partial charge < -0.3 is 15.3 Å². The number of hydrogen-bond donors (Lipinski definition) is 2. The second kappa shape index (κ2) is 10.8. The largest absolute Gasteiger partial charge is 0.392 e. The fourth-order valence-corrected chi connectivity index (χ4v) is 7.99. The number of nitrogens with one attached hydrogen (secondary N) is 1. The molecule has 3 aromatic carbocycles. The highest BCUT2D eigenvalue weighted by molar-refractivity contribution is 7.87. The predicted molar refractivity (Wildman–Crippen MR) is 158 cm³/mol. The summed E-state index contributed by atoms with van der Waals surface area (Å²) in [7, 11) is 3.48. The summed E-state index contributed by atoms with van der Waals surface area (Å²) in [6, 6.07) is 20.3. The van der Waals surface area contributed by atoms with Crippen molar-refractivity contribution in [2.75, 3.05) is 24.3 Å². The Morgan fingerprint density at radius 1 is 1.00 bits per heavy atom. The van der Waals surface area contributed by atoms with Crippen LogP contribution in [0.1, 0.15) is 29.5 Å². The van der Waals surface area contributed by atoms with Gasteiger partial charge in [-0.1, -0.05) is 65.7 Å². The van der Waals surface area contributed by atoms with Gasteiger partial charge >= 0.3 is 0 Å². The molecule has 0 fully saturated rings. The molecule has 0 saturated heterocycles. The molecule has 0 saturated carbocycles. The monoisotopic (exact) mass is 593 g/mol. The Kier molecular flexibility index (Phi) is 7.84. The molecule has 0 amide bonds. The summed E-state index contributed by atoms with van der Waals surface area (Å²) in [6.45, 7) is 0.564. The van der Waals surface area contributed by atoms with Gasteiger partial charge in [-0.15, -0.1) is 23.2 Å². The van der Waals surface area contributed by atoms with E-state index in [1.807, 2.05) is 50.5 Å². The Labute approximate surface area is 240 Å². The molecule has 3 unspecified atom stereocenters. The van der Waals surface area contributed by atoms with Crippen LogP contribution in [-0.4, -0.2) is 24.6 Å². The Morgan fingerprint density at radius 3 is 2.32 bits per heavy atom. The summed E-state index contributed by atoms with van der Waals surface area (Å²) in [4.78, 5) is 3.36. The molecular formula is C28H27Cl4N3OS. The van der Waals surface area contributed by atoms with E-state index in [9.17, 15) is 5.11 Å². The summed E-state index contributed by atoms with van der Waals surface area (Å²) in [5.74, 6) is 0. The molecule has 0 radical (unpaired) electrons. The topological polar surface area (TPSA) is 47.9 Å². The van der Waals surface area contributed by atoms with Crippen molar-refractivity contribution in [3.8, 4) is 0 Å². The highest BCUT2D eigenvalue weighted by Crippen LogP contribution is 2.55. The number of nitrogens with zero attached hydrogens (tertiary/aromatic N) is 2. The van der Waals surface area contributed by atoms with E-state index < -0.39 is 20.9 Å². The fourth-order valence-electron chi connectivity index (χ4n) is 4.77. The number of aliphatic hydroxyl groups is 1. The average molecular weight is 595 g/mol. The Morgan fingerprint density at radius 2 is 1.65 bits per heavy atom. The number of hydrogen-bond acceptors (Lipinski definition) is 4. The van der Waals surface area contributed by atoms with Crippen molar-refractivity contribution in [1.29, 1.82) is 0 Å². The summed E-state index contributed by atoms with van der Waals surface area (Å²) in [6.07, 6.45) is 1.14. The number of fused-ring (bicyclic) bond motifs is 2. The van der Waals surface area contributed by atoms with Crippen molar-refractivity contribution in [3.63, 3.8) is 0 Å². The first-order valence-electron chi connectivity index (χ1n) is 11.9. The molecule has 4 nitrogen and oxygen atoms in total. The smallest absolute Gasteiger partial charge is 0.0937 e. The second-order valence-electron chi connectivity index (χ2n) is 9.37. The van der Waals surface area contributed by atoms with E-state index in [2.05, 4.69) is 34.5 Å². The molecule has 9 heteroatoms. The van der Waals surface area contributed by atoms with Crippen LogP contribution in [0.25, 0.3) is 0 Å². The van der Waals surface area contributed by atoms with Crippen LogP contribution < -0.4 is 10.2 Å². The van der Waals surface area contributed by atoms with Crippen molar-refractivity contribution in [1.82, 2.24) is 0 Å². The van der Waals surface area contributed by atoms with Crippen molar-refractivity contribution in [2.24, 2.45) is 4.36 Å². The van der Waals surface area contributed by atoms with E-state index in [0.717, 1.165) is 43.5 Å². The van der Waals surface area contributed by atoms with Crippen molar-refractivity contribution in [3.05, 3.63) is 87.4 Å². The van der Waals surface area contributed by atoms with Crippen molar-refractivity contribution < 1.29 is 5.11 Å². The third-order valence-corrected chi connectivity index (χ3v) is 11.1. The van der Waals surface area contributed by atoms with Crippen LogP contribution in [0.15, 0.2) is 84.9 Å². The van der Waals surface area contributed by atoms with Gasteiger partial charge in [-0.2, -0.15) is 0 Å². The summed E-state index contributed by atoms with van der Waals surface area (Å²) in [5.41, 5.74) is 5.86. The van der Waals surface area contributed by atoms with E-state index in [0.29, 0.717) is 29.5 Å². The normalized spacial score (nSPS) is 22.9. The van der Waals surface area contributed by atoms with Crippen LogP contribution in [0.2, 0.25) is 0 Å². The van der Waals surface area contributed by atoms with Crippen molar-refractivity contribution >= 4 is 74.2 Å². The molecule has 1 aliphatic carbocycles. The van der Waals surface area contributed by atoms with Crippen LogP contribution in [-0.2, 0) is 28.7 Å². The van der Waals surface area contributed by atoms with Gasteiger partial charge in [0, 0.05) is 28.9 Å². The first-order valence-corrected chi connectivity index (χ1v) is 14.7. The molecule has 3 atom stereocenters. The zero-order valence-electron chi connectivity index (χ0n) is 20.4. The van der Waals surface area contributed by atoms with Crippen LogP contribution in [0.5, 0.6) is 0 Å². The van der Waals surface area contributed by atoms with Crippen molar-refractivity contribution in [2.45, 2.75) is 46.0 Å². The number of alkyl halides is 2. The molecule has 1 aliphatic heterocycles. The molecule has 0 bridgehead atoms. The van der Waals surface area contributed by atoms with Gasteiger partial charge in [0.1, 0.15) is 0 Å². The minimum absolute atomic E-state index is 0.0243. The molecule has 5 rings (SSSR count). The number of allylic oxidation sites excluding steroid dienone is 2. The summed E-state index contributed by atoms with van der Waals surface area (Å²) in [5, 5.41) is 13.4. The standard InChI is InChI=1S/C28H27Cl4N3OS/c1-35(2)21-6-4-8-23-26(21)34-25-19(28(32)14-13-20(29)24(30)27(28)31)5-3-7-22(25)37(23)33-15-17-9-11-18(16-36)12-10-17/h3-12,27,34,36H,13-16H2,1-2H3. The number of benzene rings is 3. The van der Waals surface area contributed by atoms with E-state index in [-0.39, 0.29) is 6.61 Å². The molecule has 1 heterocycles. The quantitative estimate of drug-likeness (QED) is 0.229. The summed E-state index contributed by atoms with van der Waals surface area (Å²) >= 11 is 27.0. The lowest BCUT2D eigenvalue weighted by Crippen LogP contribution is -2.35. The van der Waals surface area contributed by atoms with Gasteiger partial charge in [0.15, 0.2) is 0 Å². The Hall–Kier alpha value is -1.73. The van der Waals surface area contributed by atoms with Gasteiger partial charge in [-0.3, -0.25) is 4.36 Å². The third kappa shape index (κ3) is 4.91. The van der Waals surface area contributed by atoms with E-state index in [4.69, 9.17) is 50.8 Å². The Balaban J connectivity index is 1.67. The highest BCUT2D eigenvalue weighted by Gasteiger charge is 2.45. The van der Waals surface area contributed by atoms with Crippen LogP contribution in [0, 0.1) is 0 Å². The van der Waals surface area contributed by atoms with Gasteiger partial charge in [0.25, 0.3) is 0 Å². The highest BCUT2D eigenvalue weighted by atomic mass is 35.5. The second-order valence-corrected chi connectivity index (χ2v) is 13.1. The Bertz CT molecular complexity index is 1410. The summed E-state index contributed by atoms with van der Waals surface area (Å²) < 4.78 is 5.22. The maximum Gasteiger partial charge on any atom is 0.0937 e. The number of para-hydroxylation sites is 2. The fraction of sp³-hybridized carbons (Fsp3) is 0.286. The molecule has 0 aromatic heterocycles. The van der Waals surface area contributed by atoms with Gasteiger partial charge in [-0.05, 0) is 58.4 Å². The lowest BCUT2D eigenvalue weighted by atomic mass is 9.85. The lowest BCUT2D eigenvalue weighted by molar-refractivity contribution is 0.282. The predicted octanol–water partition coefficient (Wildman–Crippen LogP) is 8.25. The number of aliphatic hydroxyl groups excluding tert-OH is 1. The first-order chi connectivity index (χ1) is 17.7. The van der Waals surface area contributed by atoms with Gasteiger partial charge in [0.2, 0.25) is 0 Å². The van der Waals surface area contributed by atoms with Crippen LogP contribution in [0.4, 0.5) is 17.1 Å². The number of anilines is 3. The molecule has 3 aromatic rings. The van der Waals surface area contributed by atoms with Gasteiger partial charge in [0.05, 0.1) is 45.5 Å². The first kappa shape index (κ1) is 26.9. The molecule has 2 aliphatic rings. The average Bonchev–Trinajstić information content (AvgIpc) is 2.91. The molecular weight excluding hydrogens is 568 g/mol. The number of rotatable bonds is 5. The van der Waals surface area contributed by atoms with E-state index in [1.165, 1.54) is 0 Å². The maximum atomic E-state index is 9.38. The van der Waals surface area contributed by atoms with Crippen LogP contribution >= 0.6 is 46.4 Å². The van der Waals surface area contributed by atoms with E-state index in [1.54, 1.807) is 0 Å². The zero-order chi connectivity index (χ0) is 26.3. The molecule has 37 heavy (non-hydrogen) atoms. The molecule has 2 N–H and O–H groups in total. The van der Waals surface area contributed by atoms with Crippen LogP contribution in [0.3, 0.4) is 0 Å². The maximum absolute atomic E-state index is 9.38. The van der Waals surface area contributed by atoms with Gasteiger partial charge in [-0.25, -0.2) is 0 Å². The number of halogens is 4. The lowest BCUT2D eigenvalue weighted by Gasteiger charge is -2.39. The zero-order valence-corrected chi connectivity index (χ0v) is 24.3.